The van der Waals surface area contributed by atoms with Crippen molar-refractivity contribution in [2.75, 3.05) is 0 Å². The zero-order valence-corrected chi connectivity index (χ0v) is 17.0. The lowest BCUT2D eigenvalue weighted by Crippen LogP contribution is -2.30. The van der Waals surface area contributed by atoms with Gasteiger partial charge >= 0.3 is 0 Å². The summed E-state index contributed by atoms with van der Waals surface area (Å²) in [5.41, 5.74) is 1.99. The third-order valence-corrected chi connectivity index (χ3v) is 5.97. The second kappa shape index (κ2) is 8.17. The second-order valence-corrected chi connectivity index (χ2v) is 8.42. The smallest absolute Gasteiger partial charge is 0.127 e. The number of rotatable bonds is 5. The molecule has 4 nitrogen and oxygen atoms in total. The average molecular weight is 376 g/mol. The Morgan fingerprint density at radius 1 is 0.964 bits per heavy atom. The third kappa shape index (κ3) is 4.11. The molecule has 0 aliphatic heterocycles. The van der Waals surface area contributed by atoms with Gasteiger partial charge in [-0.2, -0.15) is 0 Å². The van der Waals surface area contributed by atoms with E-state index in [4.69, 9.17) is 4.74 Å². The number of benzene rings is 2. The summed E-state index contributed by atoms with van der Waals surface area (Å²) in [6.07, 6.45) is 5.91. The lowest BCUT2D eigenvalue weighted by Gasteiger charge is -2.37. The van der Waals surface area contributed by atoms with Gasteiger partial charge in [-0.15, -0.1) is 5.10 Å². The predicted octanol–water partition coefficient (Wildman–Crippen LogP) is 6.37. The molecule has 1 aliphatic carbocycles. The summed E-state index contributed by atoms with van der Waals surface area (Å²) in [5.74, 6) is 3.75. The van der Waals surface area contributed by atoms with Gasteiger partial charge in [0, 0.05) is 5.56 Å². The van der Waals surface area contributed by atoms with E-state index in [9.17, 15) is 0 Å². The molecule has 1 saturated carbocycles. The van der Waals surface area contributed by atoms with E-state index in [-0.39, 0.29) is 0 Å². The Kier molecular flexibility index (Phi) is 5.47. The van der Waals surface area contributed by atoms with E-state index in [1.807, 2.05) is 42.5 Å². The van der Waals surface area contributed by atoms with E-state index in [1.165, 1.54) is 19.3 Å². The highest BCUT2D eigenvalue weighted by molar-refractivity contribution is 5.59. The first-order chi connectivity index (χ1) is 13.6. The van der Waals surface area contributed by atoms with Gasteiger partial charge in [0.15, 0.2) is 0 Å². The van der Waals surface area contributed by atoms with Crippen LogP contribution in [0.4, 0.5) is 0 Å². The molecule has 4 heteroatoms. The van der Waals surface area contributed by atoms with Crippen molar-refractivity contribution in [3.8, 4) is 22.8 Å². The monoisotopic (exact) mass is 375 g/mol. The summed E-state index contributed by atoms with van der Waals surface area (Å²) in [6, 6.07) is 18.4. The van der Waals surface area contributed by atoms with Crippen molar-refractivity contribution in [2.24, 2.45) is 17.8 Å². The van der Waals surface area contributed by atoms with Crippen LogP contribution >= 0.6 is 0 Å². The zero-order valence-electron chi connectivity index (χ0n) is 17.0. The van der Waals surface area contributed by atoms with Gasteiger partial charge < -0.3 is 4.74 Å². The Morgan fingerprint density at radius 3 is 2.39 bits per heavy atom. The molecule has 3 aromatic rings. The van der Waals surface area contributed by atoms with E-state index in [0.29, 0.717) is 17.9 Å². The quantitative estimate of drug-likeness (QED) is 0.520. The predicted molar refractivity (Wildman–Crippen MR) is 112 cm³/mol. The Morgan fingerprint density at radius 2 is 1.68 bits per heavy atom. The summed E-state index contributed by atoms with van der Waals surface area (Å²) in [7, 11) is 0. The van der Waals surface area contributed by atoms with Crippen molar-refractivity contribution in [3.05, 3.63) is 60.8 Å². The van der Waals surface area contributed by atoms with Crippen LogP contribution in [-0.2, 0) is 0 Å². The summed E-state index contributed by atoms with van der Waals surface area (Å²) in [6.45, 7) is 7.01. The fraction of sp³-hybridized carbons (Fsp3) is 0.417. The topological polar surface area (TPSA) is 39.9 Å². The lowest BCUT2D eigenvalue weighted by molar-refractivity contribution is 0.137. The van der Waals surface area contributed by atoms with Crippen LogP contribution in [0.5, 0.6) is 11.5 Å². The number of aromatic nitrogens is 3. The Hall–Kier alpha value is -2.62. The van der Waals surface area contributed by atoms with Crippen molar-refractivity contribution in [2.45, 2.75) is 46.1 Å². The summed E-state index contributed by atoms with van der Waals surface area (Å²) in [5, 5.41) is 8.98. The molecule has 0 amide bonds. The second-order valence-electron chi connectivity index (χ2n) is 8.42. The van der Waals surface area contributed by atoms with Crippen molar-refractivity contribution in [1.82, 2.24) is 15.0 Å². The molecular formula is C24H29N3O. The molecular weight excluding hydrogens is 346 g/mol. The minimum atomic E-state index is 0.450. The molecule has 0 N–H and O–H groups in total. The average Bonchev–Trinajstić information content (AvgIpc) is 3.19. The molecule has 1 aliphatic rings. The van der Waals surface area contributed by atoms with Crippen LogP contribution in [-0.4, -0.2) is 15.0 Å². The molecule has 0 spiro atoms. The van der Waals surface area contributed by atoms with Crippen molar-refractivity contribution in [1.29, 1.82) is 0 Å². The minimum absolute atomic E-state index is 0.450. The molecule has 0 radical (unpaired) electrons. The van der Waals surface area contributed by atoms with E-state index < -0.39 is 0 Å². The fourth-order valence-corrected chi connectivity index (χ4v) is 4.35. The van der Waals surface area contributed by atoms with Gasteiger partial charge in [0.05, 0.1) is 12.2 Å². The van der Waals surface area contributed by atoms with Crippen LogP contribution in [0.25, 0.3) is 11.3 Å². The summed E-state index contributed by atoms with van der Waals surface area (Å²) >= 11 is 0. The number of hydrogen-bond donors (Lipinski definition) is 0. The Bertz CT molecular complexity index is 886. The van der Waals surface area contributed by atoms with Crippen LogP contribution in [0.3, 0.4) is 0 Å². The van der Waals surface area contributed by atoms with Crippen LogP contribution in [0.1, 0.15) is 46.1 Å². The van der Waals surface area contributed by atoms with Gasteiger partial charge in [-0.3, -0.25) is 0 Å². The van der Waals surface area contributed by atoms with Crippen LogP contribution in [0.2, 0.25) is 0 Å². The third-order valence-electron chi connectivity index (χ3n) is 5.97. The highest BCUT2D eigenvalue weighted by atomic mass is 16.5. The molecule has 146 valence electrons. The van der Waals surface area contributed by atoms with Crippen molar-refractivity contribution in [3.63, 3.8) is 0 Å². The fourth-order valence-electron chi connectivity index (χ4n) is 4.35. The van der Waals surface area contributed by atoms with Gasteiger partial charge in [-0.25, -0.2) is 4.68 Å². The molecule has 2 aromatic carbocycles. The highest BCUT2D eigenvalue weighted by Gasteiger charge is 2.32. The van der Waals surface area contributed by atoms with E-state index in [0.717, 1.165) is 28.7 Å². The zero-order chi connectivity index (χ0) is 19.5. The minimum Gasteiger partial charge on any atom is -0.457 e. The molecule has 28 heavy (non-hydrogen) atoms. The van der Waals surface area contributed by atoms with Crippen LogP contribution in [0.15, 0.2) is 60.8 Å². The number of para-hydroxylation sites is 1. The summed E-state index contributed by atoms with van der Waals surface area (Å²) in [4.78, 5) is 0. The van der Waals surface area contributed by atoms with E-state index in [2.05, 4.69) is 54.1 Å². The number of ether oxygens (including phenoxy) is 1. The van der Waals surface area contributed by atoms with Gasteiger partial charge in [-0.05, 0) is 67.0 Å². The SMILES string of the molecule is CC(C)[C@@H]1CC[C@@H](C)C[C@H]1n1cc(-c2ccc(Oc3ccccc3)cc2)nn1. The van der Waals surface area contributed by atoms with Gasteiger partial charge in [0.25, 0.3) is 0 Å². The number of nitrogens with zero attached hydrogens (tertiary/aromatic N) is 3. The maximum Gasteiger partial charge on any atom is 0.127 e. The highest BCUT2D eigenvalue weighted by Crippen LogP contribution is 2.41. The van der Waals surface area contributed by atoms with Crippen LogP contribution in [0, 0.1) is 17.8 Å². The van der Waals surface area contributed by atoms with Crippen molar-refractivity contribution < 1.29 is 4.74 Å². The Balaban J connectivity index is 1.50. The maximum atomic E-state index is 5.88. The van der Waals surface area contributed by atoms with E-state index >= 15 is 0 Å². The molecule has 1 aromatic heterocycles. The normalized spacial score (nSPS) is 22.4. The molecule has 4 rings (SSSR count). The molecule has 0 saturated heterocycles. The molecule has 3 atom stereocenters. The maximum absolute atomic E-state index is 5.88. The Labute approximate surface area is 167 Å². The number of hydrogen-bond acceptors (Lipinski definition) is 3. The first-order valence-electron chi connectivity index (χ1n) is 10.4. The standard InChI is InChI=1S/C24H29N3O/c1-17(2)22-14-9-18(3)15-24(22)27-16-23(25-26-27)19-10-12-21(13-11-19)28-20-7-5-4-6-8-20/h4-8,10-13,16-18,22,24H,9,14-15H2,1-3H3/t18-,22+,24-/m1/s1. The van der Waals surface area contributed by atoms with Gasteiger partial charge in [0.1, 0.15) is 17.2 Å². The molecule has 0 unspecified atom stereocenters. The molecule has 1 fully saturated rings. The van der Waals surface area contributed by atoms with Crippen molar-refractivity contribution >= 4 is 0 Å². The van der Waals surface area contributed by atoms with E-state index in [1.54, 1.807) is 0 Å². The first-order valence-corrected chi connectivity index (χ1v) is 10.4. The lowest BCUT2D eigenvalue weighted by atomic mass is 9.74. The van der Waals surface area contributed by atoms with Crippen LogP contribution < -0.4 is 4.74 Å². The molecule has 0 bridgehead atoms. The molecule has 1 heterocycles. The van der Waals surface area contributed by atoms with Gasteiger partial charge in [-0.1, -0.05) is 50.6 Å². The van der Waals surface area contributed by atoms with Gasteiger partial charge in [0.2, 0.25) is 0 Å². The summed E-state index contributed by atoms with van der Waals surface area (Å²) < 4.78 is 8.00. The largest absolute Gasteiger partial charge is 0.457 e. The first kappa shape index (κ1) is 18.7.